The van der Waals surface area contributed by atoms with Crippen LogP contribution in [-0.2, 0) is 23.9 Å². The average molecular weight is 468 g/mol. The summed E-state index contributed by atoms with van der Waals surface area (Å²) in [4.78, 5) is 39.8. The van der Waals surface area contributed by atoms with Gasteiger partial charge in [0.2, 0.25) is 0 Å². The van der Waals surface area contributed by atoms with Gasteiger partial charge in [0.05, 0.1) is 19.3 Å². The summed E-state index contributed by atoms with van der Waals surface area (Å²) in [5, 5.41) is 3.31. The lowest BCUT2D eigenvalue weighted by Gasteiger charge is -2.38. The first-order valence-electron chi connectivity index (χ1n) is 12.1. The summed E-state index contributed by atoms with van der Waals surface area (Å²) in [5.41, 5.74) is 3.02. The maximum atomic E-state index is 13.8. The van der Waals surface area contributed by atoms with Crippen LogP contribution in [0, 0.1) is 11.8 Å². The molecule has 0 spiro atoms. The molecule has 7 nitrogen and oxygen atoms in total. The minimum absolute atomic E-state index is 0.108. The van der Waals surface area contributed by atoms with Crippen LogP contribution in [0.25, 0.3) is 0 Å². The lowest BCUT2D eigenvalue weighted by atomic mass is 9.69. The Morgan fingerprint density at radius 2 is 1.91 bits per heavy atom. The van der Waals surface area contributed by atoms with Crippen molar-refractivity contribution in [2.45, 2.75) is 64.9 Å². The molecule has 3 aliphatic rings. The number of esters is 2. The first kappa shape index (κ1) is 24.0. The normalized spacial score (nSPS) is 25.1. The second-order valence-corrected chi connectivity index (χ2v) is 9.35. The number of hydrogen-bond acceptors (Lipinski definition) is 7. The molecule has 7 heteroatoms. The van der Waals surface area contributed by atoms with E-state index in [0.29, 0.717) is 35.6 Å². The minimum atomic E-state index is -0.909. The van der Waals surface area contributed by atoms with Crippen molar-refractivity contribution < 1.29 is 28.6 Å². The number of dihydropyridines is 1. The lowest BCUT2D eigenvalue weighted by molar-refractivity contribution is -0.151. The smallest absolute Gasteiger partial charge is 0.337 e. The van der Waals surface area contributed by atoms with Crippen LogP contribution in [0.2, 0.25) is 0 Å². The summed E-state index contributed by atoms with van der Waals surface area (Å²) in [7, 11) is 1.29. The number of carbonyl (C=O) groups is 3. The van der Waals surface area contributed by atoms with E-state index in [0.717, 1.165) is 36.9 Å². The van der Waals surface area contributed by atoms with Crippen LogP contribution in [0.1, 0.15) is 64.4 Å². The van der Waals surface area contributed by atoms with Crippen LogP contribution < -0.4 is 10.1 Å². The van der Waals surface area contributed by atoms with Crippen LogP contribution in [0.4, 0.5) is 0 Å². The number of ether oxygens (including phenoxy) is 3. The van der Waals surface area contributed by atoms with Gasteiger partial charge in [0.15, 0.2) is 5.78 Å². The summed E-state index contributed by atoms with van der Waals surface area (Å²) in [6.07, 6.45) is 4.19. The topological polar surface area (TPSA) is 90.9 Å². The summed E-state index contributed by atoms with van der Waals surface area (Å²) >= 11 is 0. The van der Waals surface area contributed by atoms with Crippen molar-refractivity contribution in [3.8, 4) is 5.75 Å². The Morgan fingerprint density at radius 3 is 2.59 bits per heavy atom. The van der Waals surface area contributed by atoms with Gasteiger partial charge in [-0.25, -0.2) is 4.79 Å². The van der Waals surface area contributed by atoms with Crippen molar-refractivity contribution in [3.05, 3.63) is 52.4 Å². The maximum absolute atomic E-state index is 13.8. The molecule has 0 unspecified atom stereocenters. The van der Waals surface area contributed by atoms with Crippen LogP contribution in [0.15, 0.2) is 46.8 Å². The predicted molar refractivity (Wildman–Crippen MR) is 126 cm³/mol. The fraction of sp³-hybridized carbons (Fsp3) is 0.519. The molecular weight excluding hydrogens is 434 g/mol. The highest BCUT2D eigenvalue weighted by Gasteiger charge is 2.47. The zero-order chi connectivity index (χ0) is 24.4. The highest BCUT2D eigenvalue weighted by atomic mass is 16.5. The van der Waals surface area contributed by atoms with Crippen molar-refractivity contribution in [1.29, 1.82) is 0 Å². The molecule has 1 heterocycles. The summed E-state index contributed by atoms with van der Waals surface area (Å²) < 4.78 is 16.5. The number of hydrogen-bond donors (Lipinski definition) is 1. The van der Waals surface area contributed by atoms with Gasteiger partial charge in [-0.3, -0.25) is 9.59 Å². The second kappa shape index (κ2) is 10.0. The maximum Gasteiger partial charge on any atom is 0.337 e. The average Bonchev–Trinajstić information content (AvgIpc) is 3.31. The van der Waals surface area contributed by atoms with Crippen molar-refractivity contribution in [2.24, 2.45) is 11.8 Å². The van der Waals surface area contributed by atoms with Crippen molar-refractivity contribution in [2.75, 3.05) is 13.7 Å². The molecule has 1 aliphatic heterocycles. The Bertz CT molecular complexity index is 1050. The van der Waals surface area contributed by atoms with Gasteiger partial charge in [0.25, 0.3) is 0 Å². The van der Waals surface area contributed by atoms with Crippen molar-refractivity contribution >= 4 is 17.7 Å². The third-order valence-corrected chi connectivity index (χ3v) is 7.04. The molecule has 0 amide bonds. The molecule has 1 N–H and O–H groups in total. The Hall–Kier alpha value is -3.09. The van der Waals surface area contributed by atoms with E-state index in [4.69, 9.17) is 14.2 Å². The van der Waals surface area contributed by atoms with E-state index in [1.807, 2.05) is 45.0 Å². The molecule has 1 aromatic rings. The summed E-state index contributed by atoms with van der Waals surface area (Å²) in [5.74, 6) is -2.40. The Labute approximate surface area is 200 Å². The molecule has 1 aromatic carbocycles. The molecule has 2 aliphatic carbocycles. The van der Waals surface area contributed by atoms with Gasteiger partial charge in [0, 0.05) is 22.9 Å². The number of carbonyl (C=O) groups excluding carboxylic acids is 3. The first-order valence-corrected chi connectivity index (χ1v) is 12.1. The van der Waals surface area contributed by atoms with E-state index >= 15 is 0 Å². The SMILES string of the molecule is CCOc1cccc([C@H]2C(C(=O)OC3CCCC3)=C(C)NC3=C2C(=O)[C@@H](C(=O)OC)[C@H](C)C3)c1. The van der Waals surface area contributed by atoms with Crippen LogP contribution in [0.3, 0.4) is 0 Å². The van der Waals surface area contributed by atoms with Gasteiger partial charge in [-0.2, -0.15) is 0 Å². The number of ketones is 1. The fourth-order valence-electron chi connectivity index (χ4n) is 5.46. The molecule has 1 saturated carbocycles. The molecule has 4 rings (SSSR count). The van der Waals surface area contributed by atoms with E-state index in [2.05, 4.69) is 5.32 Å². The van der Waals surface area contributed by atoms with Gasteiger partial charge >= 0.3 is 11.9 Å². The largest absolute Gasteiger partial charge is 0.494 e. The monoisotopic (exact) mass is 467 g/mol. The van der Waals surface area contributed by atoms with Crippen molar-refractivity contribution in [1.82, 2.24) is 5.32 Å². The number of rotatable bonds is 6. The number of nitrogens with one attached hydrogen (secondary N) is 1. The molecule has 3 atom stereocenters. The molecule has 0 radical (unpaired) electrons. The third kappa shape index (κ3) is 4.48. The van der Waals surface area contributed by atoms with Gasteiger partial charge < -0.3 is 19.5 Å². The third-order valence-electron chi connectivity index (χ3n) is 7.04. The number of Topliss-reactive ketones (excluding diaryl/α,β-unsaturated/α-hetero) is 1. The molecule has 0 bridgehead atoms. The number of benzene rings is 1. The van der Waals surface area contributed by atoms with Gasteiger partial charge in [-0.05, 0) is 69.6 Å². The minimum Gasteiger partial charge on any atom is -0.494 e. The highest BCUT2D eigenvalue weighted by Crippen LogP contribution is 2.46. The number of allylic oxidation sites excluding steroid dienone is 3. The zero-order valence-corrected chi connectivity index (χ0v) is 20.3. The van der Waals surface area contributed by atoms with E-state index in [-0.39, 0.29) is 17.8 Å². The molecule has 182 valence electrons. The molecule has 1 fully saturated rings. The van der Waals surface area contributed by atoms with Crippen LogP contribution in [-0.4, -0.2) is 37.5 Å². The van der Waals surface area contributed by atoms with E-state index in [9.17, 15) is 14.4 Å². The van der Waals surface area contributed by atoms with E-state index < -0.39 is 23.8 Å². The van der Waals surface area contributed by atoms with Crippen LogP contribution in [0.5, 0.6) is 5.75 Å². The Kier molecular flexibility index (Phi) is 7.10. The van der Waals surface area contributed by atoms with Gasteiger partial charge in [0.1, 0.15) is 17.8 Å². The van der Waals surface area contributed by atoms with E-state index in [1.54, 1.807) is 0 Å². The summed E-state index contributed by atoms with van der Waals surface area (Å²) in [6.45, 7) is 6.11. The molecular formula is C27H33NO6. The lowest BCUT2D eigenvalue weighted by Crippen LogP contribution is -2.43. The summed E-state index contributed by atoms with van der Waals surface area (Å²) in [6, 6.07) is 7.44. The second-order valence-electron chi connectivity index (χ2n) is 9.35. The Morgan fingerprint density at radius 1 is 1.18 bits per heavy atom. The molecule has 0 aromatic heterocycles. The predicted octanol–water partition coefficient (Wildman–Crippen LogP) is 4.18. The number of methoxy groups -OCH3 is 1. The zero-order valence-electron chi connectivity index (χ0n) is 20.3. The molecule has 0 saturated heterocycles. The van der Waals surface area contributed by atoms with Gasteiger partial charge in [-0.1, -0.05) is 19.1 Å². The van der Waals surface area contributed by atoms with Crippen LogP contribution >= 0.6 is 0 Å². The standard InChI is InChI=1S/C27H33NO6/c1-5-33-19-12-8-9-17(14-19)23-22(27(31)34-18-10-6-7-11-18)16(3)28-20-13-15(2)21(26(30)32-4)25(29)24(20)23/h8-9,12,14-15,18,21,23,28H,5-7,10-11,13H2,1-4H3/t15-,21+,23+/m1/s1. The Balaban J connectivity index is 1.81. The molecule has 34 heavy (non-hydrogen) atoms. The van der Waals surface area contributed by atoms with Crippen molar-refractivity contribution in [3.63, 3.8) is 0 Å². The van der Waals surface area contributed by atoms with E-state index in [1.165, 1.54) is 7.11 Å². The highest BCUT2D eigenvalue weighted by molar-refractivity contribution is 6.12. The van der Waals surface area contributed by atoms with Gasteiger partial charge in [-0.15, -0.1) is 0 Å². The fourth-order valence-corrected chi connectivity index (χ4v) is 5.46. The quantitative estimate of drug-likeness (QED) is 0.496. The first-order chi connectivity index (χ1) is 16.3.